The van der Waals surface area contributed by atoms with Crippen LogP contribution in [0.3, 0.4) is 0 Å². The van der Waals surface area contributed by atoms with E-state index in [4.69, 9.17) is 5.26 Å². The van der Waals surface area contributed by atoms with Crippen LogP contribution in [0.5, 0.6) is 0 Å². The summed E-state index contributed by atoms with van der Waals surface area (Å²) in [5.74, 6) is -0.809. The molecule has 2 aromatic carbocycles. The Morgan fingerprint density at radius 3 is 2.69 bits per heavy atom. The SMILES string of the molecule is Cn1cc(C2NC(=O)c3cc(F)ccc3N2)c(-c2ccc(C#N)cc2)n1. The molecule has 26 heavy (non-hydrogen) atoms. The van der Waals surface area contributed by atoms with Gasteiger partial charge in [-0.25, -0.2) is 4.39 Å². The molecule has 0 radical (unpaired) electrons. The number of nitrogens with zero attached hydrogens (tertiary/aromatic N) is 3. The third kappa shape index (κ3) is 2.67. The number of nitrogens with one attached hydrogen (secondary N) is 2. The highest BCUT2D eigenvalue weighted by Crippen LogP contribution is 2.32. The second kappa shape index (κ2) is 6.01. The van der Waals surface area contributed by atoms with Gasteiger partial charge in [-0.15, -0.1) is 0 Å². The summed E-state index contributed by atoms with van der Waals surface area (Å²) in [7, 11) is 1.80. The van der Waals surface area contributed by atoms with Gasteiger partial charge in [-0.05, 0) is 30.3 Å². The predicted octanol–water partition coefficient (Wildman–Crippen LogP) is 2.95. The lowest BCUT2D eigenvalue weighted by Crippen LogP contribution is -2.38. The van der Waals surface area contributed by atoms with Crippen molar-refractivity contribution in [2.75, 3.05) is 5.32 Å². The minimum atomic E-state index is -0.500. The molecule has 128 valence electrons. The largest absolute Gasteiger partial charge is 0.361 e. The van der Waals surface area contributed by atoms with Crippen LogP contribution in [-0.4, -0.2) is 15.7 Å². The molecule has 0 saturated carbocycles. The topological polar surface area (TPSA) is 82.7 Å². The van der Waals surface area contributed by atoms with Gasteiger partial charge in [-0.1, -0.05) is 12.1 Å². The summed E-state index contributed by atoms with van der Waals surface area (Å²) in [5, 5.41) is 19.5. The van der Waals surface area contributed by atoms with Gasteiger partial charge in [0.05, 0.1) is 22.9 Å². The molecule has 0 aliphatic carbocycles. The standard InChI is InChI=1S/C19H14FN5O/c1-25-10-15(17(24-25)12-4-2-11(9-21)3-5-12)18-22-16-7-6-13(20)8-14(16)19(26)23-18/h2-8,10,18,22H,1H3,(H,23,26). The minimum absolute atomic E-state index is 0.269. The Labute approximate surface area is 148 Å². The molecule has 3 aromatic rings. The van der Waals surface area contributed by atoms with Crippen LogP contribution in [0.1, 0.15) is 27.7 Å². The number of carbonyl (C=O) groups excluding carboxylic acids is 1. The molecular weight excluding hydrogens is 333 g/mol. The van der Waals surface area contributed by atoms with Crippen LogP contribution in [0.2, 0.25) is 0 Å². The Balaban J connectivity index is 1.74. The number of halogens is 1. The van der Waals surface area contributed by atoms with Crippen LogP contribution < -0.4 is 10.6 Å². The Hall–Kier alpha value is -3.66. The first-order chi connectivity index (χ1) is 12.5. The number of benzene rings is 2. The molecule has 6 nitrogen and oxygen atoms in total. The third-order valence-electron chi connectivity index (χ3n) is 4.26. The molecule has 0 fully saturated rings. The number of aryl methyl sites for hydroxylation is 1. The Kier molecular flexibility index (Phi) is 3.66. The summed E-state index contributed by atoms with van der Waals surface area (Å²) < 4.78 is 15.1. The zero-order valence-corrected chi connectivity index (χ0v) is 13.8. The maximum absolute atomic E-state index is 13.4. The molecule has 1 amide bonds. The van der Waals surface area contributed by atoms with E-state index in [9.17, 15) is 9.18 Å². The quantitative estimate of drug-likeness (QED) is 0.747. The maximum atomic E-state index is 13.4. The van der Waals surface area contributed by atoms with Crippen LogP contribution in [0, 0.1) is 17.1 Å². The molecule has 7 heteroatoms. The van der Waals surface area contributed by atoms with Gasteiger partial charge in [0.25, 0.3) is 5.91 Å². The average molecular weight is 347 g/mol. The minimum Gasteiger partial charge on any atom is -0.361 e. The smallest absolute Gasteiger partial charge is 0.255 e. The van der Waals surface area contributed by atoms with Gasteiger partial charge in [0.1, 0.15) is 12.0 Å². The summed E-state index contributed by atoms with van der Waals surface area (Å²) in [5.41, 5.74) is 3.70. The second-order valence-corrected chi connectivity index (χ2v) is 6.04. The van der Waals surface area contributed by atoms with Gasteiger partial charge >= 0.3 is 0 Å². The van der Waals surface area contributed by atoms with Gasteiger partial charge in [-0.2, -0.15) is 10.4 Å². The van der Waals surface area contributed by atoms with E-state index in [0.717, 1.165) is 11.1 Å². The average Bonchev–Trinajstić information content (AvgIpc) is 3.04. The zero-order chi connectivity index (χ0) is 18.3. The molecule has 1 aromatic heterocycles. The summed E-state index contributed by atoms with van der Waals surface area (Å²) in [6.07, 6.45) is 1.32. The fourth-order valence-corrected chi connectivity index (χ4v) is 3.03. The molecule has 1 aliphatic rings. The highest BCUT2D eigenvalue weighted by molar-refractivity contribution is 6.01. The van der Waals surface area contributed by atoms with Crippen molar-refractivity contribution in [3.05, 3.63) is 71.2 Å². The number of anilines is 1. The number of amides is 1. The lowest BCUT2D eigenvalue weighted by molar-refractivity contribution is 0.0935. The molecule has 1 unspecified atom stereocenters. The normalized spacial score (nSPS) is 15.6. The molecule has 0 bridgehead atoms. The Morgan fingerprint density at radius 1 is 1.19 bits per heavy atom. The van der Waals surface area contributed by atoms with E-state index in [1.165, 1.54) is 12.1 Å². The van der Waals surface area contributed by atoms with Crippen molar-refractivity contribution >= 4 is 11.6 Å². The van der Waals surface area contributed by atoms with E-state index in [2.05, 4.69) is 21.8 Å². The molecule has 2 heterocycles. The maximum Gasteiger partial charge on any atom is 0.255 e. The number of nitriles is 1. The molecule has 1 atom stereocenters. The van der Waals surface area contributed by atoms with Gasteiger partial charge in [0.2, 0.25) is 0 Å². The second-order valence-electron chi connectivity index (χ2n) is 6.04. The highest BCUT2D eigenvalue weighted by atomic mass is 19.1. The number of hydrogen-bond acceptors (Lipinski definition) is 4. The monoisotopic (exact) mass is 347 g/mol. The van der Waals surface area contributed by atoms with Crippen LogP contribution in [0.25, 0.3) is 11.3 Å². The zero-order valence-electron chi connectivity index (χ0n) is 13.8. The van der Waals surface area contributed by atoms with Crippen molar-refractivity contribution in [2.24, 2.45) is 7.05 Å². The van der Waals surface area contributed by atoms with E-state index >= 15 is 0 Å². The summed E-state index contributed by atoms with van der Waals surface area (Å²) in [6.45, 7) is 0. The van der Waals surface area contributed by atoms with Crippen molar-refractivity contribution in [1.82, 2.24) is 15.1 Å². The Morgan fingerprint density at radius 2 is 1.96 bits per heavy atom. The van der Waals surface area contributed by atoms with Crippen LogP contribution in [-0.2, 0) is 7.05 Å². The lowest BCUT2D eigenvalue weighted by Gasteiger charge is -2.27. The fourth-order valence-electron chi connectivity index (χ4n) is 3.03. The van der Waals surface area contributed by atoms with Gasteiger partial charge in [-0.3, -0.25) is 9.48 Å². The summed E-state index contributed by atoms with van der Waals surface area (Å²) in [6, 6.07) is 13.2. The predicted molar refractivity (Wildman–Crippen MR) is 93.6 cm³/mol. The number of carbonyl (C=O) groups is 1. The van der Waals surface area contributed by atoms with Crippen molar-refractivity contribution < 1.29 is 9.18 Å². The number of hydrogen-bond donors (Lipinski definition) is 2. The van der Waals surface area contributed by atoms with E-state index in [0.29, 0.717) is 16.9 Å². The van der Waals surface area contributed by atoms with Crippen molar-refractivity contribution in [1.29, 1.82) is 5.26 Å². The van der Waals surface area contributed by atoms with Crippen LogP contribution in [0.15, 0.2) is 48.7 Å². The molecule has 0 saturated heterocycles. The summed E-state index contributed by atoms with van der Waals surface area (Å²) in [4.78, 5) is 12.4. The third-order valence-corrected chi connectivity index (χ3v) is 4.26. The highest BCUT2D eigenvalue weighted by Gasteiger charge is 2.28. The first-order valence-corrected chi connectivity index (χ1v) is 7.96. The molecule has 4 rings (SSSR count). The van der Waals surface area contributed by atoms with Gasteiger partial charge in [0, 0.05) is 30.1 Å². The van der Waals surface area contributed by atoms with Crippen molar-refractivity contribution in [2.45, 2.75) is 6.17 Å². The van der Waals surface area contributed by atoms with Gasteiger partial charge < -0.3 is 10.6 Å². The molecular formula is C19H14FN5O. The van der Waals surface area contributed by atoms with Crippen LogP contribution >= 0.6 is 0 Å². The Bertz CT molecular complexity index is 1050. The molecule has 0 spiro atoms. The number of aromatic nitrogens is 2. The van der Waals surface area contributed by atoms with E-state index in [1.807, 2.05) is 18.3 Å². The lowest BCUT2D eigenvalue weighted by atomic mass is 10.0. The van der Waals surface area contributed by atoms with E-state index < -0.39 is 12.0 Å². The van der Waals surface area contributed by atoms with Crippen molar-refractivity contribution in [3.63, 3.8) is 0 Å². The van der Waals surface area contributed by atoms with E-state index in [1.54, 1.807) is 29.9 Å². The molecule has 2 N–H and O–H groups in total. The van der Waals surface area contributed by atoms with Crippen LogP contribution in [0.4, 0.5) is 10.1 Å². The number of fused-ring (bicyclic) bond motifs is 1. The number of rotatable bonds is 2. The first-order valence-electron chi connectivity index (χ1n) is 7.96. The first kappa shape index (κ1) is 15.8. The van der Waals surface area contributed by atoms with E-state index in [-0.39, 0.29) is 11.5 Å². The fraction of sp³-hybridized carbons (Fsp3) is 0.105. The molecule has 1 aliphatic heterocycles. The van der Waals surface area contributed by atoms with Gasteiger partial charge in [0.15, 0.2) is 0 Å². The summed E-state index contributed by atoms with van der Waals surface area (Å²) >= 11 is 0. The van der Waals surface area contributed by atoms with Crippen molar-refractivity contribution in [3.8, 4) is 17.3 Å².